The van der Waals surface area contributed by atoms with Gasteiger partial charge in [-0.15, -0.1) is 0 Å². The van der Waals surface area contributed by atoms with Gasteiger partial charge >= 0.3 is 0 Å². The molecule has 3 aromatic rings. The van der Waals surface area contributed by atoms with E-state index in [-0.39, 0.29) is 17.5 Å². The van der Waals surface area contributed by atoms with Crippen molar-refractivity contribution in [2.45, 2.75) is 19.4 Å². The van der Waals surface area contributed by atoms with Crippen LogP contribution < -0.4 is 5.32 Å². The highest BCUT2D eigenvalue weighted by atomic mass is 16.2. The van der Waals surface area contributed by atoms with E-state index in [1.807, 2.05) is 24.3 Å². The largest absolute Gasteiger partial charge is 0.389 e. The number of carbonyl (C=O) groups excluding carboxylic acids is 1. The van der Waals surface area contributed by atoms with E-state index in [1.165, 1.54) is 22.3 Å². The predicted octanol–water partition coefficient (Wildman–Crippen LogP) is 4.47. The monoisotopic (exact) mass is 464 g/mol. The maximum atomic E-state index is 13.0. The molecule has 0 saturated carbocycles. The zero-order chi connectivity index (χ0) is 24.5. The highest BCUT2D eigenvalue weighted by Gasteiger charge is 2.29. The van der Waals surface area contributed by atoms with Crippen molar-refractivity contribution in [1.82, 2.24) is 15.1 Å². The molecule has 35 heavy (non-hydrogen) atoms. The molecule has 178 valence electrons. The summed E-state index contributed by atoms with van der Waals surface area (Å²) < 4.78 is 0. The lowest BCUT2D eigenvalue weighted by Crippen LogP contribution is -2.50. The molecule has 0 aromatic heterocycles. The van der Waals surface area contributed by atoms with Gasteiger partial charge < -0.3 is 10.2 Å². The summed E-state index contributed by atoms with van der Waals surface area (Å²) in [6, 6.07) is 31.5. The topological polar surface area (TPSA) is 59.4 Å². The second-order valence-corrected chi connectivity index (χ2v) is 8.85. The Morgan fingerprint density at radius 2 is 1.49 bits per heavy atom. The van der Waals surface area contributed by atoms with Gasteiger partial charge in [-0.1, -0.05) is 84.9 Å². The highest BCUT2D eigenvalue weighted by molar-refractivity contribution is 5.97. The Morgan fingerprint density at radius 3 is 2.06 bits per heavy atom. The van der Waals surface area contributed by atoms with Gasteiger partial charge in [0.05, 0.1) is 6.04 Å². The lowest BCUT2D eigenvalue weighted by atomic mass is 9.96. The Hall–Kier alpha value is -3.88. The minimum Gasteiger partial charge on any atom is -0.389 e. The minimum absolute atomic E-state index is 0.142. The van der Waals surface area contributed by atoms with Crippen LogP contribution >= 0.6 is 0 Å². The lowest BCUT2D eigenvalue weighted by Gasteiger charge is -2.39. The van der Waals surface area contributed by atoms with Crippen molar-refractivity contribution in [3.05, 3.63) is 119 Å². The van der Waals surface area contributed by atoms with Gasteiger partial charge in [-0.05, 0) is 35.6 Å². The zero-order valence-electron chi connectivity index (χ0n) is 20.2. The summed E-state index contributed by atoms with van der Waals surface area (Å²) in [5.41, 5.74) is 5.16. The zero-order valence-corrected chi connectivity index (χ0v) is 20.2. The molecule has 4 rings (SSSR count). The number of aryl methyl sites for hydroxylation is 1. The Balaban J connectivity index is 1.36. The first-order valence-corrected chi connectivity index (χ1v) is 12.2. The molecule has 5 nitrogen and oxygen atoms in total. The molecule has 1 fully saturated rings. The Kier molecular flexibility index (Phi) is 8.32. The number of nitrogens with zero attached hydrogens (tertiary/aromatic N) is 3. The standard InChI is InChI=1S/C30H32N4O/c1-24-10-8-9-11-25(24)16-17-32-23-28(22-31)30(35)34-20-18-33(19-21-34)29(26-12-4-2-5-13-26)27-14-6-3-7-15-27/h2-15,23,29,32H,16-21H2,1H3/b28-23-. The first-order valence-electron chi connectivity index (χ1n) is 12.2. The van der Waals surface area contributed by atoms with E-state index in [0.717, 1.165) is 19.5 Å². The predicted molar refractivity (Wildman–Crippen MR) is 139 cm³/mol. The smallest absolute Gasteiger partial charge is 0.266 e. The van der Waals surface area contributed by atoms with Crippen molar-refractivity contribution in [1.29, 1.82) is 5.26 Å². The van der Waals surface area contributed by atoms with Gasteiger partial charge in [0, 0.05) is 38.9 Å². The third-order valence-electron chi connectivity index (χ3n) is 6.59. The SMILES string of the molecule is Cc1ccccc1CCN/C=C(/C#N)C(=O)N1CCN(C(c2ccccc2)c2ccccc2)CC1. The van der Waals surface area contributed by atoms with Gasteiger partial charge in [-0.25, -0.2) is 0 Å². The normalized spacial score (nSPS) is 14.5. The number of hydrogen-bond donors (Lipinski definition) is 1. The molecule has 0 aliphatic carbocycles. The van der Waals surface area contributed by atoms with Crippen LogP contribution in [0.5, 0.6) is 0 Å². The Morgan fingerprint density at radius 1 is 0.914 bits per heavy atom. The number of benzene rings is 3. The molecule has 1 amide bonds. The number of rotatable bonds is 8. The van der Waals surface area contributed by atoms with Gasteiger partial charge in [0.1, 0.15) is 11.6 Å². The van der Waals surface area contributed by atoms with Gasteiger partial charge in [-0.2, -0.15) is 5.26 Å². The van der Waals surface area contributed by atoms with Crippen LogP contribution in [-0.2, 0) is 11.2 Å². The average molecular weight is 465 g/mol. The number of hydrogen-bond acceptors (Lipinski definition) is 4. The van der Waals surface area contributed by atoms with Crippen LogP contribution in [0.3, 0.4) is 0 Å². The molecule has 5 heteroatoms. The fourth-order valence-corrected chi connectivity index (χ4v) is 4.65. The Bertz CT molecular complexity index is 1140. The Labute approximate surface area is 208 Å². The summed E-state index contributed by atoms with van der Waals surface area (Å²) in [5.74, 6) is -0.202. The molecular formula is C30H32N4O. The molecule has 0 unspecified atom stereocenters. The van der Waals surface area contributed by atoms with E-state index >= 15 is 0 Å². The molecule has 1 heterocycles. The van der Waals surface area contributed by atoms with Crippen LogP contribution in [0.1, 0.15) is 28.3 Å². The van der Waals surface area contributed by atoms with Crippen molar-refractivity contribution in [3.8, 4) is 6.07 Å². The molecule has 1 saturated heterocycles. The summed E-state index contributed by atoms with van der Waals surface area (Å²) in [6.07, 6.45) is 2.42. The van der Waals surface area contributed by atoms with Crippen molar-refractivity contribution in [2.24, 2.45) is 0 Å². The van der Waals surface area contributed by atoms with Crippen LogP contribution in [0.15, 0.2) is 96.7 Å². The van der Waals surface area contributed by atoms with E-state index < -0.39 is 0 Å². The van der Waals surface area contributed by atoms with Crippen molar-refractivity contribution >= 4 is 5.91 Å². The molecule has 0 bridgehead atoms. The molecule has 0 radical (unpaired) electrons. The molecule has 3 aromatic carbocycles. The first kappa shape index (κ1) is 24.3. The van der Waals surface area contributed by atoms with E-state index in [1.54, 1.807) is 11.1 Å². The molecule has 0 atom stereocenters. The second-order valence-electron chi connectivity index (χ2n) is 8.85. The minimum atomic E-state index is -0.202. The van der Waals surface area contributed by atoms with E-state index in [0.29, 0.717) is 19.6 Å². The van der Waals surface area contributed by atoms with E-state index in [4.69, 9.17) is 0 Å². The number of amides is 1. The lowest BCUT2D eigenvalue weighted by molar-refractivity contribution is -0.128. The van der Waals surface area contributed by atoms with Crippen LogP contribution in [-0.4, -0.2) is 48.4 Å². The fraction of sp³-hybridized carbons (Fsp3) is 0.267. The summed E-state index contributed by atoms with van der Waals surface area (Å²) in [7, 11) is 0. The van der Waals surface area contributed by atoms with E-state index in [2.05, 4.69) is 83.9 Å². The number of nitrogens with one attached hydrogen (secondary N) is 1. The second kappa shape index (κ2) is 12.0. The summed E-state index contributed by atoms with van der Waals surface area (Å²) >= 11 is 0. The summed E-state index contributed by atoms with van der Waals surface area (Å²) in [6.45, 7) is 5.45. The summed E-state index contributed by atoms with van der Waals surface area (Å²) in [5, 5.41) is 12.8. The van der Waals surface area contributed by atoms with Crippen molar-refractivity contribution in [2.75, 3.05) is 32.7 Å². The van der Waals surface area contributed by atoms with Crippen LogP contribution in [0.2, 0.25) is 0 Å². The summed E-state index contributed by atoms with van der Waals surface area (Å²) in [4.78, 5) is 17.3. The van der Waals surface area contributed by atoms with Gasteiger partial charge in [-0.3, -0.25) is 9.69 Å². The molecule has 1 aliphatic heterocycles. The highest BCUT2D eigenvalue weighted by Crippen LogP contribution is 2.29. The fourth-order valence-electron chi connectivity index (χ4n) is 4.65. The maximum absolute atomic E-state index is 13.0. The van der Waals surface area contributed by atoms with Gasteiger partial charge in [0.2, 0.25) is 0 Å². The van der Waals surface area contributed by atoms with Gasteiger partial charge in [0.25, 0.3) is 5.91 Å². The van der Waals surface area contributed by atoms with E-state index in [9.17, 15) is 10.1 Å². The average Bonchev–Trinajstić information content (AvgIpc) is 2.91. The van der Waals surface area contributed by atoms with Gasteiger partial charge in [0.15, 0.2) is 0 Å². The third-order valence-corrected chi connectivity index (χ3v) is 6.59. The maximum Gasteiger partial charge on any atom is 0.266 e. The third kappa shape index (κ3) is 6.17. The van der Waals surface area contributed by atoms with Crippen LogP contribution in [0, 0.1) is 18.3 Å². The number of piperazine rings is 1. The first-order chi connectivity index (χ1) is 17.2. The van der Waals surface area contributed by atoms with Crippen molar-refractivity contribution in [3.63, 3.8) is 0 Å². The number of nitriles is 1. The molecular weight excluding hydrogens is 432 g/mol. The quantitative estimate of drug-likeness (QED) is 0.304. The van der Waals surface area contributed by atoms with Crippen LogP contribution in [0.4, 0.5) is 0 Å². The molecule has 1 aliphatic rings. The number of carbonyl (C=O) groups is 1. The molecule has 1 N–H and O–H groups in total. The van der Waals surface area contributed by atoms with Crippen molar-refractivity contribution < 1.29 is 4.79 Å². The van der Waals surface area contributed by atoms with Crippen LogP contribution in [0.25, 0.3) is 0 Å². The molecule has 0 spiro atoms.